The Kier molecular flexibility index (Phi) is 7.04. The fourth-order valence-electron chi connectivity index (χ4n) is 3.97. The van der Waals surface area contributed by atoms with Crippen molar-refractivity contribution in [2.75, 3.05) is 24.6 Å². The van der Waals surface area contributed by atoms with Gasteiger partial charge in [0.1, 0.15) is 17.2 Å². The van der Waals surface area contributed by atoms with Crippen LogP contribution in [0.2, 0.25) is 0 Å². The molecule has 3 rings (SSSR count). The molecule has 0 saturated heterocycles. The van der Waals surface area contributed by atoms with Crippen molar-refractivity contribution < 1.29 is 22.3 Å². The molecular weight excluding hydrogens is 435 g/mol. The number of anilines is 1. The first kappa shape index (κ1) is 23.9. The molecule has 32 heavy (non-hydrogen) atoms. The maximum Gasteiger partial charge on any atom is 0.232 e. The minimum Gasteiger partial charge on any atom is -0.488 e. The maximum atomic E-state index is 13.8. The van der Waals surface area contributed by atoms with E-state index in [1.807, 2.05) is 13.8 Å². The first-order chi connectivity index (χ1) is 14.9. The van der Waals surface area contributed by atoms with Crippen LogP contribution in [0.1, 0.15) is 43.9 Å². The highest BCUT2D eigenvalue weighted by Gasteiger charge is 2.35. The van der Waals surface area contributed by atoms with Crippen LogP contribution in [-0.4, -0.2) is 48.1 Å². The smallest absolute Gasteiger partial charge is 0.232 e. The van der Waals surface area contributed by atoms with Crippen molar-refractivity contribution in [2.24, 2.45) is 5.73 Å². The molecule has 1 atom stereocenters. The highest BCUT2D eigenvalue weighted by molar-refractivity contribution is 7.89. The Balaban J connectivity index is 1.74. The second-order valence-electron chi connectivity index (χ2n) is 8.68. The second kappa shape index (κ2) is 9.41. The van der Waals surface area contributed by atoms with E-state index in [0.717, 1.165) is 4.31 Å². The van der Waals surface area contributed by atoms with Gasteiger partial charge < -0.3 is 16.2 Å². The summed E-state index contributed by atoms with van der Waals surface area (Å²) in [7, 11) is -3.80. The van der Waals surface area contributed by atoms with Crippen LogP contribution in [0.4, 0.5) is 10.1 Å². The summed E-state index contributed by atoms with van der Waals surface area (Å²) in [6, 6.07) is 7.69. The zero-order valence-corrected chi connectivity index (χ0v) is 19.1. The van der Waals surface area contributed by atoms with E-state index >= 15 is 0 Å². The summed E-state index contributed by atoms with van der Waals surface area (Å²) in [5, 5.41) is 0. The first-order valence-corrected chi connectivity index (χ1v) is 12.0. The number of amides is 1. The molecule has 0 radical (unpaired) electrons. The number of aromatic nitrogens is 1. The van der Waals surface area contributed by atoms with Crippen molar-refractivity contribution in [3.63, 3.8) is 0 Å². The molecule has 2 aromatic rings. The van der Waals surface area contributed by atoms with Gasteiger partial charge in [-0.25, -0.2) is 12.8 Å². The van der Waals surface area contributed by atoms with E-state index in [1.165, 1.54) is 18.3 Å². The van der Waals surface area contributed by atoms with Crippen molar-refractivity contribution in [3.05, 3.63) is 53.6 Å². The number of hydrogen-bond donors (Lipinski definition) is 2. The number of primary amides is 1. The van der Waals surface area contributed by atoms with Gasteiger partial charge in [-0.15, -0.1) is 0 Å². The zero-order valence-electron chi connectivity index (χ0n) is 18.3. The molecule has 8 nitrogen and oxygen atoms in total. The van der Waals surface area contributed by atoms with E-state index < -0.39 is 33.9 Å². The number of carbonyl (C=O) groups excluding carboxylic acids is 1. The van der Waals surface area contributed by atoms with Gasteiger partial charge in [-0.2, -0.15) is 4.31 Å². The Labute approximate surface area is 187 Å². The number of rotatable bonds is 9. The van der Waals surface area contributed by atoms with Crippen LogP contribution in [-0.2, 0) is 21.2 Å². The van der Waals surface area contributed by atoms with Crippen LogP contribution in [0.5, 0.6) is 5.75 Å². The summed E-state index contributed by atoms with van der Waals surface area (Å²) in [5.41, 5.74) is 12.2. The van der Waals surface area contributed by atoms with Crippen molar-refractivity contribution >= 4 is 21.6 Å². The number of pyridine rings is 1. The van der Waals surface area contributed by atoms with E-state index in [1.54, 1.807) is 18.2 Å². The molecule has 1 aromatic heterocycles. The van der Waals surface area contributed by atoms with Crippen LogP contribution in [0.15, 0.2) is 36.5 Å². The van der Waals surface area contributed by atoms with Crippen molar-refractivity contribution in [1.29, 1.82) is 0 Å². The number of carbonyl (C=O) groups is 1. The third-order valence-electron chi connectivity index (χ3n) is 5.45. The minimum absolute atomic E-state index is 0.0622. The summed E-state index contributed by atoms with van der Waals surface area (Å²) in [6.07, 6.45) is 2.61. The van der Waals surface area contributed by atoms with E-state index in [-0.39, 0.29) is 24.6 Å². The molecule has 1 unspecified atom stereocenters. The number of sulfonamides is 1. The van der Waals surface area contributed by atoms with Gasteiger partial charge in [-0.3, -0.25) is 9.78 Å². The van der Waals surface area contributed by atoms with Crippen LogP contribution in [0, 0.1) is 5.82 Å². The summed E-state index contributed by atoms with van der Waals surface area (Å²) in [6.45, 7) is 3.48. The Morgan fingerprint density at radius 1 is 1.31 bits per heavy atom. The third-order valence-corrected chi connectivity index (χ3v) is 7.30. The summed E-state index contributed by atoms with van der Waals surface area (Å²) >= 11 is 0. The van der Waals surface area contributed by atoms with Gasteiger partial charge >= 0.3 is 0 Å². The average Bonchev–Trinajstić information content (AvgIpc) is 2.70. The summed E-state index contributed by atoms with van der Waals surface area (Å²) in [4.78, 5) is 15.7. The molecular formula is C22H29FN4O4S. The van der Waals surface area contributed by atoms with Gasteiger partial charge in [-0.1, -0.05) is 0 Å². The van der Waals surface area contributed by atoms with Gasteiger partial charge in [0.25, 0.3) is 0 Å². The monoisotopic (exact) mass is 464 g/mol. The quantitative estimate of drug-likeness (QED) is 0.585. The predicted octanol–water partition coefficient (Wildman–Crippen LogP) is 2.20. The minimum atomic E-state index is -3.80. The molecule has 0 saturated carbocycles. The molecule has 174 valence electrons. The lowest BCUT2D eigenvalue weighted by atomic mass is 9.83. The normalized spacial score (nSPS) is 17.6. The second-order valence-corrected chi connectivity index (χ2v) is 10.8. The lowest BCUT2D eigenvalue weighted by Crippen LogP contribution is -2.41. The molecule has 4 N–H and O–H groups in total. The summed E-state index contributed by atoms with van der Waals surface area (Å²) in [5.74, 6) is -0.974. The molecule has 1 amide bonds. The molecule has 0 bridgehead atoms. The molecule has 1 aromatic carbocycles. The van der Waals surface area contributed by atoms with E-state index in [2.05, 4.69) is 4.98 Å². The third kappa shape index (κ3) is 6.17. The number of nitrogen functional groups attached to an aromatic ring is 1. The number of hydrogen-bond acceptors (Lipinski definition) is 6. The van der Waals surface area contributed by atoms with Crippen molar-refractivity contribution in [3.8, 4) is 5.75 Å². The topological polar surface area (TPSA) is 129 Å². The van der Waals surface area contributed by atoms with Crippen LogP contribution >= 0.6 is 0 Å². The lowest BCUT2D eigenvalue weighted by Gasteiger charge is -2.38. The first-order valence-electron chi connectivity index (χ1n) is 10.4. The molecule has 1 aliphatic heterocycles. The SMILES string of the molecule is CC1(C)CC(CCS(=O)(=O)N(CCc2ccc(N)cn2)CC(N)=O)c2cc(F)ccc2O1. The Morgan fingerprint density at radius 2 is 2.06 bits per heavy atom. The zero-order chi connectivity index (χ0) is 23.5. The van der Waals surface area contributed by atoms with Gasteiger partial charge in [0.15, 0.2) is 0 Å². The van der Waals surface area contributed by atoms with Gasteiger partial charge in [0.05, 0.1) is 24.2 Å². The van der Waals surface area contributed by atoms with Gasteiger partial charge in [0.2, 0.25) is 15.9 Å². The highest BCUT2D eigenvalue weighted by atomic mass is 32.2. The number of fused-ring (bicyclic) bond motifs is 1. The van der Waals surface area contributed by atoms with E-state index in [4.69, 9.17) is 16.2 Å². The predicted molar refractivity (Wildman–Crippen MR) is 120 cm³/mol. The largest absolute Gasteiger partial charge is 0.488 e. The number of halogens is 1. The molecule has 0 aliphatic carbocycles. The summed E-state index contributed by atoms with van der Waals surface area (Å²) < 4.78 is 47.1. The number of nitrogens with zero attached hydrogens (tertiary/aromatic N) is 2. The van der Waals surface area contributed by atoms with Crippen LogP contribution in [0.3, 0.4) is 0 Å². The molecule has 0 fully saturated rings. The molecule has 1 aliphatic rings. The van der Waals surface area contributed by atoms with Gasteiger partial charge in [0, 0.05) is 24.2 Å². The number of benzene rings is 1. The van der Waals surface area contributed by atoms with Crippen LogP contribution in [0.25, 0.3) is 0 Å². The number of nitrogens with two attached hydrogens (primary N) is 2. The fourth-order valence-corrected chi connectivity index (χ4v) is 5.50. The fraction of sp³-hybridized carbons (Fsp3) is 0.455. The highest BCUT2D eigenvalue weighted by Crippen LogP contribution is 2.42. The van der Waals surface area contributed by atoms with Gasteiger partial charge in [-0.05, 0) is 62.9 Å². The average molecular weight is 465 g/mol. The number of ether oxygens (including phenoxy) is 1. The molecule has 2 heterocycles. The Hall–Kier alpha value is -2.72. The maximum absolute atomic E-state index is 13.8. The van der Waals surface area contributed by atoms with Crippen molar-refractivity contribution in [1.82, 2.24) is 9.29 Å². The van der Waals surface area contributed by atoms with Crippen LogP contribution < -0.4 is 16.2 Å². The lowest BCUT2D eigenvalue weighted by molar-refractivity contribution is -0.118. The molecule has 10 heteroatoms. The van der Waals surface area contributed by atoms with E-state index in [9.17, 15) is 17.6 Å². The molecule has 0 spiro atoms. The standard InChI is InChI=1S/C22H29FN4O4S/c1-22(2)12-15(19-11-16(23)3-6-20(19)31-22)8-10-32(29,30)27(14-21(25)28)9-7-18-5-4-17(24)13-26-18/h3-6,11,13,15H,7-10,12,14,24H2,1-2H3,(H2,25,28). The van der Waals surface area contributed by atoms with Crippen molar-refractivity contribution in [2.45, 2.75) is 44.6 Å². The Morgan fingerprint density at radius 3 is 2.72 bits per heavy atom. The Bertz CT molecular complexity index is 1070. The van der Waals surface area contributed by atoms with E-state index in [0.29, 0.717) is 35.5 Å².